The van der Waals surface area contributed by atoms with Crippen LogP contribution in [-0.2, 0) is 0 Å². The summed E-state index contributed by atoms with van der Waals surface area (Å²) in [5, 5.41) is 11.9. The summed E-state index contributed by atoms with van der Waals surface area (Å²) in [6.07, 6.45) is 13.7. The van der Waals surface area contributed by atoms with E-state index in [0.717, 1.165) is 32.2 Å². The first-order valence-electron chi connectivity index (χ1n) is 6.27. The maximum atomic E-state index is 8.72. The lowest BCUT2D eigenvalue weighted by Crippen LogP contribution is -2.14. The van der Waals surface area contributed by atoms with E-state index < -0.39 is 0 Å². The molecule has 2 nitrogen and oxygen atoms in total. The number of rotatable bonds is 9. The smallest absolute Gasteiger partial charge is 0.0614 e. The third-order valence-electron chi connectivity index (χ3n) is 2.62. The van der Waals surface area contributed by atoms with Gasteiger partial charge in [0, 0.05) is 0 Å². The summed E-state index contributed by atoms with van der Waals surface area (Å²) < 4.78 is 0. The Morgan fingerprint density at radius 3 is 2.59 bits per heavy atom. The van der Waals surface area contributed by atoms with Gasteiger partial charge in [-0.1, -0.05) is 29.2 Å². The van der Waals surface area contributed by atoms with Gasteiger partial charge in [0.25, 0.3) is 0 Å². The van der Waals surface area contributed by atoms with Gasteiger partial charge < -0.3 is 10.4 Å². The zero-order valence-corrected chi connectivity index (χ0v) is 11.1. The summed E-state index contributed by atoms with van der Waals surface area (Å²) in [6.45, 7) is 6.03. The lowest BCUT2D eigenvalue weighted by Gasteiger charge is -2.03. The molecule has 17 heavy (non-hydrogen) atoms. The van der Waals surface area contributed by atoms with Crippen LogP contribution < -0.4 is 5.32 Å². The molecule has 0 spiro atoms. The third kappa shape index (κ3) is 11.2. The van der Waals surface area contributed by atoms with E-state index >= 15 is 0 Å². The van der Waals surface area contributed by atoms with Crippen molar-refractivity contribution < 1.29 is 5.11 Å². The monoisotopic (exact) mass is 235 g/mol. The van der Waals surface area contributed by atoms with Crippen LogP contribution in [0, 0.1) is 12.3 Å². The second kappa shape index (κ2) is 11.4. The predicted molar refractivity (Wildman–Crippen MR) is 74.8 cm³/mol. The zero-order valence-electron chi connectivity index (χ0n) is 11.1. The number of terminal acetylenes is 1. The van der Waals surface area contributed by atoms with Crippen molar-refractivity contribution in [2.75, 3.05) is 19.7 Å². The van der Waals surface area contributed by atoms with Crippen LogP contribution in [0.4, 0.5) is 0 Å². The number of aliphatic hydroxyl groups excluding tert-OH is 1. The lowest BCUT2D eigenvalue weighted by atomic mass is 10.1. The van der Waals surface area contributed by atoms with E-state index in [1.54, 1.807) is 0 Å². The number of nitrogens with one attached hydrogen (secondary N) is 1. The average molecular weight is 235 g/mol. The van der Waals surface area contributed by atoms with Crippen LogP contribution in [0.25, 0.3) is 0 Å². The highest BCUT2D eigenvalue weighted by Gasteiger charge is 1.92. The normalized spacial score (nSPS) is 12.6. The van der Waals surface area contributed by atoms with Crippen LogP contribution >= 0.6 is 0 Å². The minimum Gasteiger partial charge on any atom is -0.392 e. The molecule has 0 aromatic carbocycles. The Hall–Kier alpha value is -1.04. The fraction of sp³-hybridized carbons (Fsp3) is 0.600. The van der Waals surface area contributed by atoms with Crippen LogP contribution in [0.15, 0.2) is 23.3 Å². The van der Waals surface area contributed by atoms with E-state index in [1.807, 2.05) is 6.08 Å². The zero-order chi connectivity index (χ0) is 12.9. The molecule has 0 heterocycles. The van der Waals surface area contributed by atoms with Gasteiger partial charge in [-0.25, -0.2) is 0 Å². The van der Waals surface area contributed by atoms with Crippen molar-refractivity contribution in [3.05, 3.63) is 23.3 Å². The Kier molecular flexibility index (Phi) is 10.7. The van der Waals surface area contributed by atoms with Gasteiger partial charge in [0.2, 0.25) is 0 Å². The van der Waals surface area contributed by atoms with Gasteiger partial charge in [0.15, 0.2) is 0 Å². The lowest BCUT2D eigenvalue weighted by molar-refractivity contribution is 0.341. The summed E-state index contributed by atoms with van der Waals surface area (Å²) in [5.41, 5.74) is 2.69. The molecule has 0 aliphatic carbocycles. The van der Waals surface area contributed by atoms with Crippen molar-refractivity contribution in [3.63, 3.8) is 0 Å². The van der Waals surface area contributed by atoms with Gasteiger partial charge in [0.05, 0.1) is 13.2 Å². The first-order chi connectivity index (χ1) is 8.20. The van der Waals surface area contributed by atoms with Crippen molar-refractivity contribution in [1.82, 2.24) is 5.32 Å². The molecule has 0 atom stereocenters. The molecule has 0 aliphatic rings. The highest BCUT2D eigenvalue weighted by Crippen LogP contribution is 2.09. The largest absolute Gasteiger partial charge is 0.392 e. The molecule has 2 heteroatoms. The molecular formula is C15H25NO. The van der Waals surface area contributed by atoms with E-state index in [4.69, 9.17) is 11.5 Å². The first-order valence-corrected chi connectivity index (χ1v) is 6.27. The van der Waals surface area contributed by atoms with Crippen molar-refractivity contribution in [2.24, 2.45) is 0 Å². The van der Waals surface area contributed by atoms with Crippen LogP contribution in [0.1, 0.15) is 39.5 Å². The molecule has 0 unspecified atom stereocenters. The maximum absolute atomic E-state index is 8.72. The fourth-order valence-corrected chi connectivity index (χ4v) is 1.56. The second-order valence-electron chi connectivity index (χ2n) is 4.31. The van der Waals surface area contributed by atoms with E-state index in [2.05, 4.69) is 31.2 Å². The molecule has 96 valence electrons. The average Bonchev–Trinajstić information content (AvgIpc) is 2.29. The van der Waals surface area contributed by atoms with E-state index in [9.17, 15) is 0 Å². The molecule has 0 aromatic heterocycles. The van der Waals surface area contributed by atoms with Gasteiger partial charge in [0.1, 0.15) is 0 Å². The first kappa shape index (κ1) is 16.0. The van der Waals surface area contributed by atoms with Crippen molar-refractivity contribution in [2.45, 2.75) is 39.5 Å². The van der Waals surface area contributed by atoms with Gasteiger partial charge >= 0.3 is 0 Å². The SMILES string of the molecule is C#CCNCCC/C(C)=C/CC/C(C)=C/CO. The van der Waals surface area contributed by atoms with Crippen LogP contribution in [0.3, 0.4) is 0 Å². The maximum Gasteiger partial charge on any atom is 0.0614 e. The summed E-state index contributed by atoms with van der Waals surface area (Å²) in [6, 6.07) is 0. The Morgan fingerprint density at radius 2 is 1.94 bits per heavy atom. The van der Waals surface area contributed by atoms with Crippen molar-refractivity contribution >= 4 is 0 Å². The fourth-order valence-electron chi connectivity index (χ4n) is 1.56. The molecule has 2 N–H and O–H groups in total. The van der Waals surface area contributed by atoms with E-state index in [0.29, 0.717) is 6.54 Å². The number of aliphatic hydroxyl groups is 1. The third-order valence-corrected chi connectivity index (χ3v) is 2.62. The quantitative estimate of drug-likeness (QED) is 0.366. The molecule has 0 rings (SSSR count). The molecule has 0 aromatic rings. The highest BCUT2D eigenvalue weighted by atomic mass is 16.2. The molecule has 0 radical (unpaired) electrons. The Bertz CT molecular complexity index is 284. The van der Waals surface area contributed by atoms with E-state index in [1.165, 1.54) is 11.1 Å². The van der Waals surface area contributed by atoms with Crippen molar-refractivity contribution in [1.29, 1.82) is 0 Å². The molecule has 0 bridgehead atoms. The van der Waals surface area contributed by atoms with Crippen LogP contribution in [-0.4, -0.2) is 24.8 Å². The second-order valence-corrected chi connectivity index (χ2v) is 4.31. The molecule has 0 saturated heterocycles. The van der Waals surface area contributed by atoms with Crippen LogP contribution in [0.2, 0.25) is 0 Å². The predicted octanol–water partition coefficient (Wildman–Crippen LogP) is 2.65. The summed E-state index contributed by atoms with van der Waals surface area (Å²) in [7, 11) is 0. The number of hydrogen-bond acceptors (Lipinski definition) is 2. The van der Waals surface area contributed by atoms with Gasteiger partial charge in [-0.3, -0.25) is 0 Å². The minimum absolute atomic E-state index is 0.148. The molecule has 0 fully saturated rings. The number of hydrogen-bond donors (Lipinski definition) is 2. The Labute approximate surface area is 106 Å². The Morgan fingerprint density at radius 1 is 1.24 bits per heavy atom. The standard InChI is InChI=1S/C15H25NO/c1-4-11-16-12-6-9-14(2)7-5-8-15(3)10-13-17/h1,7,10,16-17H,5-6,8-9,11-13H2,2-3H3/b14-7+,15-10+. The molecule has 0 amide bonds. The minimum atomic E-state index is 0.148. The van der Waals surface area contributed by atoms with E-state index in [-0.39, 0.29) is 6.61 Å². The van der Waals surface area contributed by atoms with Gasteiger partial charge in [-0.2, -0.15) is 0 Å². The van der Waals surface area contributed by atoms with Crippen molar-refractivity contribution in [3.8, 4) is 12.3 Å². The number of allylic oxidation sites excluding steroid dienone is 3. The summed E-state index contributed by atoms with van der Waals surface area (Å²) >= 11 is 0. The van der Waals surface area contributed by atoms with Crippen LogP contribution in [0.5, 0.6) is 0 Å². The highest BCUT2D eigenvalue weighted by molar-refractivity contribution is 5.03. The van der Waals surface area contributed by atoms with Gasteiger partial charge in [-0.05, 0) is 46.1 Å². The molecular weight excluding hydrogens is 210 g/mol. The molecule has 0 aliphatic heterocycles. The molecule has 0 saturated carbocycles. The Balaban J connectivity index is 3.58. The summed E-state index contributed by atoms with van der Waals surface area (Å²) in [5.74, 6) is 2.56. The topological polar surface area (TPSA) is 32.3 Å². The summed E-state index contributed by atoms with van der Waals surface area (Å²) in [4.78, 5) is 0. The van der Waals surface area contributed by atoms with Gasteiger partial charge in [-0.15, -0.1) is 6.42 Å².